The molecule has 0 fully saturated rings. The van der Waals surface area contributed by atoms with Gasteiger partial charge in [-0.1, -0.05) is 24.6 Å². The molecule has 0 saturated carbocycles. The predicted octanol–water partition coefficient (Wildman–Crippen LogP) is 2.75. The Kier molecular flexibility index (Phi) is 6.77. The molecule has 106 valence electrons. The Balaban J connectivity index is 2.38. The third-order valence-electron chi connectivity index (χ3n) is 2.90. The SMILES string of the molecule is CC(CO)CCCNCc1ccc(Cl)c([N+](=O)[O-])c1. The van der Waals surface area contributed by atoms with Crippen molar-refractivity contribution in [3.05, 3.63) is 38.9 Å². The molecule has 19 heavy (non-hydrogen) atoms. The molecule has 0 spiro atoms. The number of aliphatic hydroxyl groups excluding tert-OH is 1. The Labute approximate surface area is 117 Å². The minimum Gasteiger partial charge on any atom is -0.396 e. The maximum atomic E-state index is 10.7. The number of hydrogen-bond donors (Lipinski definition) is 2. The van der Waals surface area contributed by atoms with Crippen molar-refractivity contribution in [2.75, 3.05) is 13.2 Å². The highest BCUT2D eigenvalue weighted by molar-refractivity contribution is 6.32. The van der Waals surface area contributed by atoms with E-state index in [9.17, 15) is 10.1 Å². The van der Waals surface area contributed by atoms with Gasteiger partial charge < -0.3 is 10.4 Å². The fraction of sp³-hybridized carbons (Fsp3) is 0.538. The number of halogens is 1. The van der Waals surface area contributed by atoms with Crippen LogP contribution in [0.2, 0.25) is 5.02 Å². The Morgan fingerprint density at radius 1 is 1.53 bits per heavy atom. The summed E-state index contributed by atoms with van der Waals surface area (Å²) in [7, 11) is 0. The van der Waals surface area contributed by atoms with Crippen molar-refractivity contribution in [2.45, 2.75) is 26.3 Å². The first-order chi connectivity index (χ1) is 9.04. The van der Waals surface area contributed by atoms with E-state index in [0.717, 1.165) is 24.9 Å². The van der Waals surface area contributed by atoms with E-state index in [2.05, 4.69) is 5.32 Å². The fourth-order valence-corrected chi connectivity index (χ4v) is 1.89. The van der Waals surface area contributed by atoms with Crippen LogP contribution in [0.25, 0.3) is 0 Å². The molecule has 0 saturated heterocycles. The predicted molar refractivity (Wildman–Crippen MR) is 75.3 cm³/mol. The fourth-order valence-electron chi connectivity index (χ4n) is 1.71. The zero-order valence-corrected chi connectivity index (χ0v) is 11.7. The molecule has 0 amide bonds. The second-order valence-electron chi connectivity index (χ2n) is 4.65. The van der Waals surface area contributed by atoms with Gasteiger partial charge in [0.15, 0.2) is 0 Å². The quantitative estimate of drug-likeness (QED) is 0.438. The van der Waals surface area contributed by atoms with Gasteiger partial charge in [-0.05, 0) is 36.9 Å². The van der Waals surface area contributed by atoms with Crippen LogP contribution in [0, 0.1) is 16.0 Å². The molecule has 2 N–H and O–H groups in total. The lowest BCUT2D eigenvalue weighted by Crippen LogP contribution is -2.16. The zero-order valence-electron chi connectivity index (χ0n) is 10.9. The minimum atomic E-state index is -0.477. The van der Waals surface area contributed by atoms with Crippen LogP contribution in [0.15, 0.2) is 18.2 Å². The van der Waals surface area contributed by atoms with Gasteiger partial charge >= 0.3 is 0 Å². The number of nitro benzene ring substituents is 1. The summed E-state index contributed by atoms with van der Waals surface area (Å²) in [6.07, 6.45) is 1.93. The molecule has 0 radical (unpaired) electrons. The molecule has 0 aliphatic heterocycles. The number of benzene rings is 1. The lowest BCUT2D eigenvalue weighted by atomic mass is 10.1. The van der Waals surface area contributed by atoms with Crippen LogP contribution >= 0.6 is 11.6 Å². The van der Waals surface area contributed by atoms with E-state index in [1.807, 2.05) is 6.92 Å². The number of nitro groups is 1. The number of aliphatic hydroxyl groups is 1. The van der Waals surface area contributed by atoms with E-state index in [4.69, 9.17) is 16.7 Å². The van der Waals surface area contributed by atoms with Crippen LogP contribution in [-0.4, -0.2) is 23.2 Å². The molecule has 1 rings (SSSR count). The molecule has 0 aliphatic rings. The maximum Gasteiger partial charge on any atom is 0.288 e. The summed E-state index contributed by atoms with van der Waals surface area (Å²) >= 11 is 5.74. The number of nitrogens with one attached hydrogen (secondary N) is 1. The van der Waals surface area contributed by atoms with Gasteiger partial charge in [0.25, 0.3) is 5.69 Å². The van der Waals surface area contributed by atoms with E-state index >= 15 is 0 Å². The van der Waals surface area contributed by atoms with Crippen molar-refractivity contribution in [1.82, 2.24) is 5.32 Å². The minimum absolute atomic E-state index is 0.0603. The second kappa shape index (κ2) is 8.09. The van der Waals surface area contributed by atoms with Gasteiger partial charge in [0, 0.05) is 19.2 Å². The van der Waals surface area contributed by atoms with Gasteiger partial charge in [0.05, 0.1) is 4.92 Å². The maximum absolute atomic E-state index is 10.7. The van der Waals surface area contributed by atoms with E-state index in [-0.39, 0.29) is 17.3 Å². The second-order valence-corrected chi connectivity index (χ2v) is 5.06. The summed E-state index contributed by atoms with van der Waals surface area (Å²) in [5.74, 6) is 0.318. The first kappa shape index (κ1) is 15.9. The summed E-state index contributed by atoms with van der Waals surface area (Å²) < 4.78 is 0. The number of nitrogens with zero attached hydrogens (tertiary/aromatic N) is 1. The molecular formula is C13H19ClN2O3. The highest BCUT2D eigenvalue weighted by Gasteiger charge is 2.12. The molecule has 0 bridgehead atoms. The summed E-state index contributed by atoms with van der Waals surface area (Å²) in [4.78, 5) is 10.3. The van der Waals surface area contributed by atoms with Crippen molar-refractivity contribution in [1.29, 1.82) is 0 Å². The average Bonchev–Trinajstić information content (AvgIpc) is 2.39. The van der Waals surface area contributed by atoms with Gasteiger partial charge in [-0.3, -0.25) is 10.1 Å². The van der Waals surface area contributed by atoms with Crippen LogP contribution in [0.3, 0.4) is 0 Å². The smallest absolute Gasteiger partial charge is 0.288 e. The molecule has 6 heteroatoms. The molecule has 0 aliphatic carbocycles. The van der Waals surface area contributed by atoms with Gasteiger partial charge in [0.1, 0.15) is 5.02 Å². The lowest BCUT2D eigenvalue weighted by molar-refractivity contribution is -0.384. The van der Waals surface area contributed by atoms with Crippen LogP contribution in [0.5, 0.6) is 0 Å². The summed E-state index contributed by atoms with van der Waals surface area (Å²) in [6.45, 7) is 3.61. The van der Waals surface area contributed by atoms with Crippen LogP contribution in [0.4, 0.5) is 5.69 Å². The highest BCUT2D eigenvalue weighted by atomic mass is 35.5. The summed E-state index contributed by atoms with van der Waals surface area (Å²) in [5.41, 5.74) is 0.779. The Bertz CT molecular complexity index is 426. The monoisotopic (exact) mass is 286 g/mol. The Morgan fingerprint density at radius 2 is 2.26 bits per heavy atom. The van der Waals surface area contributed by atoms with Gasteiger partial charge in [0.2, 0.25) is 0 Å². The number of rotatable bonds is 8. The van der Waals surface area contributed by atoms with E-state index < -0.39 is 4.92 Å². The van der Waals surface area contributed by atoms with Crippen LogP contribution in [-0.2, 0) is 6.54 Å². The Hall–Kier alpha value is -1.17. The van der Waals surface area contributed by atoms with Crippen LogP contribution in [0.1, 0.15) is 25.3 Å². The third kappa shape index (κ3) is 5.55. The van der Waals surface area contributed by atoms with E-state index in [1.165, 1.54) is 6.07 Å². The van der Waals surface area contributed by atoms with Crippen LogP contribution < -0.4 is 5.32 Å². The van der Waals surface area contributed by atoms with E-state index in [1.54, 1.807) is 12.1 Å². The topological polar surface area (TPSA) is 75.4 Å². The van der Waals surface area contributed by atoms with Crippen molar-refractivity contribution >= 4 is 17.3 Å². The Morgan fingerprint density at radius 3 is 2.89 bits per heavy atom. The molecule has 1 aromatic carbocycles. The number of hydrogen-bond acceptors (Lipinski definition) is 4. The highest BCUT2D eigenvalue weighted by Crippen LogP contribution is 2.24. The molecular weight excluding hydrogens is 268 g/mol. The molecule has 0 heterocycles. The first-order valence-corrected chi connectivity index (χ1v) is 6.66. The standard InChI is InChI=1S/C13H19ClN2O3/c1-10(9-17)3-2-6-15-8-11-4-5-12(14)13(7-11)16(18)19/h4-5,7,10,15,17H,2-3,6,8-9H2,1H3. The third-order valence-corrected chi connectivity index (χ3v) is 3.22. The van der Waals surface area contributed by atoms with Gasteiger partial charge in [-0.15, -0.1) is 0 Å². The largest absolute Gasteiger partial charge is 0.396 e. The lowest BCUT2D eigenvalue weighted by Gasteiger charge is -2.08. The zero-order chi connectivity index (χ0) is 14.3. The molecule has 1 aromatic rings. The normalized spacial score (nSPS) is 12.4. The summed E-state index contributed by atoms with van der Waals surface area (Å²) in [5, 5.41) is 23.0. The van der Waals surface area contributed by atoms with Gasteiger partial charge in [-0.2, -0.15) is 0 Å². The van der Waals surface area contributed by atoms with Crippen molar-refractivity contribution < 1.29 is 10.0 Å². The van der Waals surface area contributed by atoms with Gasteiger partial charge in [-0.25, -0.2) is 0 Å². The molecule has 1 unspecified atom stereocenters. The molecule has 5 nitrogen and oxygen atoms in total. The summed E-state index contributed by atoms with van der Waals surface area (Å²) in [6, 6.07) is 4.81. The van der Waals surface area contributed by atoms with E-state index in [0.29, 0.717) is 12.5 Å². The van der Waals surface area contributed by atoms with Crippen molar-refractivity contribution in [3.63, 3.8) is 0 Å². The average molecular weight is 287 g/mol. The molecule has 0 aromatic heterocycles. The van der Waals surface area contributed by atoms with Crippen molar-refractivity contribution in [2.24, 2.45) is 5.92 Å². The molecule has 1 atom stereocenters. The first-order valence-electron chi connectivity index (χ1n) is 6.29. The van der Waals surface area contributed by atoms with Crippen molar-refractivity contribution in [3.8, 4) is 0 Å².